The highest BCUT2D eigenvalue weighted by Crippen LogP contribution is 2.38. The van der Waals surface area contributed by atoms with Crippen LogP contribution < -0.4 is 16.2 Å². The largest absolute Gasteiger partial charge is 0.452 e. The molecule has 2 rings (SSSR count). The van der Waals surface area contributed by atoms with Crippen LogP contribution in [0.3, 0.4) is 0 Å². The molecule has 0 heterocycles. The molecule has 5 N–H and O–H groups in total. The maximum absolute atomic E-state index is 13.9. The maximum Gasteiger partial charge on any atom is 0.188 e. The van der Waals surface area contributed by atoms with Crippen molar-refractivity contribution in [2.24, 2.45) is 0 Å². The summed E-state index contributed by atoms with van der Waals surface area (Å²) in [7, 11) is 0. The fourth-order valence-electron chi connectivity index (χ4n) is 1.58. The Hall–Kier alpha value is -1.98. The smallest absolute Gasteiger partial charge is 0.188 e. The van der Waals surface area contributed by atoms with Crippen molar-refractivity contribution in [2.45, 2.75) is 6.61 Å². The molecular weight excluding hydrogens is 271 g/mol. The number of aliphatic hydroxyl groups is 1. The number of benzene rings is 2. The van der Waals surface area contributed by atoms with Crippen LogP contribution in [0.2, 0.25) is 5.02 Å². The van der Waals surface area contributed by atoms with Crippen molar-refractivity contribution in [2.75, 3.05) is 11.5 Å². The number of ether oxygens (including phenoxy) is 1. The Morgan fingerprint density at radius 3 is 2.63 bits per heavy atom. The number of nitrogen functional groups attached to an aromatic ring is 2. The molecule has 0 unspecified atom stereocenters. The van der Waals surface area contributed by atoms with Crippen molar-refractivity contribution >= 4 is 23.0 Å². The lowest BCUT2D eigenvalue weighted by Gasteiger charge is -2.12. The number of nitrogens with two attached hydrogens (primary N) is 2. The normalized spacial score (nSPS) is 10.5. The summed E-state index contributed by atoms with van der Waals surface area (Å²) in [6.07, 6.45) is 0. The molecule has 2 aromatic rings. The molecule has 0 aliphatic carbocycles. The van der Waals surface area contributed by atoms with Gasteiger partial charge in [-0.15, -0.1) is 0 Å². The zero-order valence-electron chi connectivity index (χ0n) is 9.86. The number of rotatable bonds is 3. The van der Waals surface area contributed by atoms with Crippen molar-refractivity contribution in [1.29, 1.82) is 0 Å². The summed E-state index contributed by atoms with van der Waals surface area (Å²) in [6.45, 7) is -0.141. The molecule has 0 saturated heterocycles. The third kappa shape index (κ3) is 2.72. The highest BCUT2D eigenvalue weighted by Gasteiger charge is 2.16. The van der Waals surface area contributed by atoms with Gasteiger partial charge in [-0.3, -0.25) is 0 Å². The van der Waals surface area contributed by atoms with Crippen LogP contribution in [-0.2, 0) is 6.61 Å². The van der Waals surface area contributed by atoms with E-state index in [4.69, 9.17) is 32.9 Å². The summed E-state index contributed by atoms with van der Waals surface area (Å²) in [6, 6.07) is 7.90. The van der Waals surface area contributed by atoms with Crippen molar-refractivity contribution in [1.82, 2.24) is 0 Å². The van der Waals surface area contributed by atoms with E-state index in [0.29, 0.717) is 11.3 Å². The first-order chi connectivity index (χ1) is 9.02. The van der Waals surface area contributed by atoms with Crippen LogP contribution in [-0.4, -0.2) is 5.11 Å². The van der Waals surface area contributed by atoms with E-state index in [1.54, 1.807) is 24.3 Å². The number of hydrogen-bond donors (Lipinski definition) is 3. The summed E-state index contributed by atoms with van der Waals surface area (Å²) in [4.78, 5) is 0. The molecule has 0 atom stereocenters. The van der Waals surface area contributed by atoms with Crippen molar-refractivity contribution in [3.05, 3.63) is 46.7 Å². The lowest BCUT2D eigenvalue weighted by Crippen LogP contribution is -2.00. The molecule has 0 radical (unpaired) electrons. The highest BCUT2D eigenvalue weighted by atomic mass is 35.5. The molecule has 0 spiro atoms. The van der Waals surface area contributed by atoms with Gasteiger partial charge in [0.15, 0.2) is 11.6 Å². The second-order valence-electron chi connectivity index (χ2n) is 3.92. The van der Waals surface area contributed by atoms with Crippen LogP contribution >= 0.6 is 11.6 Å². The molecule has 19 heavy (non-hydrogen) atoms. The quantitative estimate of drug-likeness (QED) is 0.756. The van der Waals surface area contributed by atoms with Crippen LogP contribution in [0.5, 0.6) is 11.5 Å². The SMILES string of the molecule is Nc1cc(N)c(Oc2cccc(CO)c2)c(F)c1Cl. The average molecular weight is 283 g/mol. The molecular formula is C13H12ClFN2O2. The van der Waals surface area contributed by atoms with Gasteiger partial charge in [0.05, 0.1) is 18.0 Å². The first kappa shape index (κ1) is 13.5. The highest BCUT2D eigenvalue weighted by molar-refractivity contribution is 6.33. The fourth-order valence-corrected chi connectivity index (χ4v) is 1.72. The minimum Gasteiger partial charge on any atom is -0.452 e. The third-order valence-electron chi connectivity index (χ3n) is 2.52. The van der Waals surface area contributed by atoms with E-state index in [2.05, 4.69) is 0 Å². The monoisotopic (exact) mass is 282 g/mol. The van der Waals surface area contributed by atoms with Gasteiger partial charge < -0.3 is 21.3 Å². The van der Waals surface area contributed by atoms with Crippen LogP contribution in [0.15, 0.2) is 30.3 Å². The minimum atomic E-state index is -0.812. The molecule has 0 amide bonds. The van der Waals surface area contributed by atoms with Gasteiger partial charge in [-0.25, -0.2) is 4.39 Å². The van der Waals surface area contributed by atoms with Crippen LogP contribution in [0.4, 0.5) is 15.8 Å². The summed E-state index contributed by atoms with van der Waals surface area (Å²) < 4.78 is 19.3. The van der Waals surface area contributed by atoms with Gasteiger partial charge in [-0.05, 0) is 23.8 Å². The molecule has 4 nitrogen and oxygen atoms in total. The van der Waals surface area contributed by atoms with E-state index in [1.165, 1.54) is 6.07 Å². The Morgan fingerprint density at radius 2 is 1.95 bits per heavy atom. The van der Waals surface area contributed by atoms with Gasteiger partial charge >= 0.3 is 0 Å². The lowest BCUT2D eigenvalue weighted by atomic mass is 10.2. The van der Waals surface area contributed by atoms with Gasteiger partial charge in [-0.1, -0.05) is 23.7 Å². The third-order valence-corrected chi connectivity index (χ3v) is 2.90. The fraction of sp³-hybridized carbons (Fsp3) is 0.0769. The molecule has 0 aliphatic heterocycles. The molecule has 100 valence electrons. The van der Waals surface area contributed by atoms with Gasteiger partial charge in [0, 0.05) is 0 Å². The van der Waals surface area contributed by atoms with E-state index >= 15 is 0 Å². The van der Waals surface area contributed by atoms with Crippen LogP contribution in [0, 0.1) is 5.82 Å². The molecule has 0 aliphatic rings. The van der Waals surface area contributed by atoms with Crippen molar-refractivity contribution in [3.63, 3.8) is 0 Å². The molecule has 0 aromatic heterocycles. The lowest BCUT2D eigenvalue weighted by molar-refractivity contribution is 0.281. The van der Waals surface area contributed by atoms with E-state index in [0.717, 1.165) is 0 Å². The summed E-state index contributed by atoms with van der Waals surface area (Å²) >= 11 is 5.70. The zero-order chi connectivity index (χ0) is 14.0. The minimum absolute atomic E-state index is 0.0492. The van der Waals surface area contributed by atoms with Crippen LogP contribution in [0.25, 0.3) is 0 Å². The van der Waals surface area contributed by atoms with Gasteiger partial charge in [0.1, 0.15) is 10.8 Å². The Bertz CT molecular complexity index is 620. The van der Waals surface area contributed by atoms with Crippen molar-refractivity contribution < 1.29 is 14.2 Å². The number of aliphatic hydroxyl groups excluding tert-OH is 1. The zero-order valence-corrected chi connectivity index (χ0v) is 10.6. The second-order valence-corrected chi connectivity index (χ2v) is 4.30. The van der Waals surface area contributed by atoms with Gasteiger partial charge in [0.2, 0.25) is 0 Å². The summed E-state index contributed by atoms with van der Waals surface area (Å²) in [5, 5.41) is 8.79. The van der Waals surface area contributed by atoms with Gasteiger partial charge in [-0.2, -0.15) is 0 Å². The Labute approximate surface area is 114 Å². The van der Waals surface area contributed by atoms with E-state index in [9.17, 15) is 4.39 Å². The van der Waals surface area contributed by atoms with Crippen LogP contribution in [0.1, 0.15) is 5.56 Å². The second kappa shape index (κ2) is 5.34. The molecule has 2 aromatic carbocycles. The topological polar surface area (TPSA) is 81.5 Å². The standard InChI is InChI=1S/C13H12ClFN2O2/c14-11-9(16)5-10(17)13(12(11)15)19-8-3-1-2-7(4-8)6-18/h1-5,18H,6,16-17H2. The average Bonchev–Trinajstić information content (AvgIpc) is 2.41. The van der Waals surface area contributed by atoms with Crippen molar-refractivity contribution in [3.8, 4) is 11.5 Å². The first-order valence-corrected chi connectivity index (χ1v) is 5.81. The Kier molecular flexibility index (Phi) is 3.78. The Morgan fingerprint density at radius 1 is 1.21 bits per heavy atom. The first-order valence-electron chi connectivity index (χ1n) is 5.43. The molecule has 6 heteroatoms. The summed E-state index contributed by atoms with van der Waals surface area (Å²) in [5.74, 6) is -0.652. The number of anilines is 2. The predicted octanol–water partition coefficient (Wildman–Crippen LogP) is 2.93. The molecule has 0 fully saturated rings. The molecule has 0 saturated carbocycles. The Balaban J connectivity index is 2.40. The van der Waals surface area contributed by atoms with E-state index in [1.807, 2.05) is 0 Å². The number of halogens is 2. The van der Waals surface area contributed by atoms with Gasteiger partial charge in [0.25, 0.3) is 0 Å². The summed E-state index contributed by atoms with van der Waals surface area (Å²) in [5.41, 5.74) is 11.9. The van der Waals surface area contributed by atoms with E-state index < -0.39 is 5.82 Å². The number of hydrogen-bond acceptors (Lipinski definition) is 4. The molecule has 0 bridgehead atoms. The predicted molar refractivity (Wildman–Crippen MR) is 72.7 cm³/mol. The van der Waals surface area contributed by atoms with E-state index in [-0.39, 0.29) is 28.8 Å². The maximum atomic E-state index is 13.9.